The topological polar surface area (TPSA) is 113 Å². The molecule has 0 aliphatic carbocycles. The predicted molar refractivity (Wildman–Crippen MR) is 87.6 cm³/mol. The van der Waals surface area contributed by atoms with Gasteiger partial charge in [0.05, 0.1) is 12.7 Å². The number of sulfonamides is 1. The van der Waals surface area contributed by atoms with E-state index in [2.05, 4.69) is 10.0 Å². The molecule has 3 N–H and O–H groups in total. The lowest BCUT2D eigenvalue weighted by Crippen LogP contribution is -2.42. The number of aliphatic carboxylic acids is 1. The summed E-state index contributed by atoms with van der Waals surface area (Å²) in [7, 11) is -3.39. The van der Waals surface area contributed by atoms with Gasteiger partial charge in [-0.15, -0.1) is 0 Å². The minimum Gasteiger partial charge on any atom is -0.480 e. The molecule has 1 aromatic rings. The minimum absolute atomic E-state index is 0.0266. The van der Waals surface area contributed by atoms with Crippen LogP contribution in [0.4, 0.5) is 5.69 Å². The van der Waals surface area contributed by atoms with E-state index in [0.717, 1.165) is 6.26 Å². The van der Waals surface area contributed by atoms with Crippen LogP contribution in [0.25, 0.3) is 0 Å². The van der Waals surface area contributed by atoms with Gasteiger partial charge in [0.15, 0.2) is 0 Å². The molecule has 23 heavy (non-hydrogen) atoms. The lowest BCUT2D eigenvalue weighted by atomic mass is 10.0. The van der Waals surface area contributed by atoms with Crippen LogP contribution in [0.5, 0.6) is 0 Å². The number of anilines is 1. The summed E-state index contributed by atoms with van der Waals surface area (Å²) in [6, 6.07) is 5.48. The van der Waals surface area contributed by atoms with Gasteiger partial charge in [0.2, 0.25) is 15.9 Å². The fourth-order valence-electron chi connectivity index (χ4n) is 2.08. The average Bonchev–Trinajstić information content (AvgIpc) is 2.35. The van der Waals surface area contributed by atoms with Gasteiger partial charge in [-0.1, -0.05) is 26.0 Å². The van der Waals surface area contributed by atoms with Crippen LogP contribution < -0.4 is 10.0 Å². The van der Waals surface area contributed by atoms with E-state index < -0.39 is 27.9 Å². The van der Waals surface area contributed by atoms with Crippen LogP contribution in [0.2, 0.25) is 0 Å². The van der Waals surface area contributed by atoms with Gasteiger partial charge in [0, 0.05) is 5.69 Å². The Balaban J connectivity index is 2.73. The van der Waals surface area contributed by atoms with Crippen molar-refractivity contribution >= 4 is 27.6 Å². The third kappa shape index (κ3) is 7.64. The number of carbonyl (C=O) groups excluding carboxylic acids is 1. The Morgan fingerprint density at radius 2 is 1.91 bits per heavy atom. The van der Waals surface area contributed by atoms with Gasteiger partial charge in [-0.25, -0.2) is 13.2 Å². The number of benzene rings is 1. The maximum atomic E-state index is 12.0. The molecule has 0 aliphatic heterocycles. The van der Waals surface area contributed by atoms with E-state index in [-0.39, 0.29) is 12.3 Å². The van der Waals surface area contributed by atoms with Crippen LogP contribution in [0.3, 0.4) is 0 Å². The number of nitrogens with one attached hydrogen (secondary N) is 2. The highest BCUT2D eigenvalue weighted by atomic mass is 32.2. The Labute approximate surface area is 136 Å². The van der Waals surface area contributed by atoms with E-state index in [0.29, 0.717) is 17.7 Å². The molecule has 0 fully saturated rings. The molecule has 0 aromatic heterocycles. The monoisotopic (exact) mass is 342 g/mol. The van der Waals surface area contributed by atoms with E-state index >= 15 is 0 Å². The first kappa shape index (κ1) is 19.0. The van der Waals surface area contributed by atoms with Crippen molar-refractivity contribution in [3.8, 4) is 0 Å². The van der Waals surface area contributed by atoms with Gasteiger partial charge in [0.25, 0.3) is 0 Å². The molecular formula is C15H22N2O5S. The van der Waals surface area contributed by atoms with Crippen LogP contribution in [0, 0.1) is 5.92 Å². The van der Waals surface area contributed by atoms with Crippen molar-refractivity contribution in [3.63, 3.8) is 0 Å². The van der Waals surface area contributed by atoms with E-state index in [1.54, 1.807) is 24.3 Å². The van der Waals surface area contributed by atoms with Crippen LogP contribution in [0.1, 0.15) is 25.8 Å². The van der Waals surface area contributed by atoms with E-state index in [1.165, 1.54) is 0 Å². The molecule has 8 heteroatoms. The van der Waals surface area contributed by atoms with Crippen LogP contribution in [-0.2, 0) is 26.0 Å². The molecule has 7 nitrogen and oxygen atoms in total. The summed E-state index contributed by atoms with van der Waals surface area (Å²) >= 11 is 0. The van der Waals surface area contributed by atoms with Crippen molar-refractivity contribution < 1.29 is 23.1 Å². The second-order valence-electron chi connectivity index (χ2n) is 5.84. The molecule has 1 rings (SSSR count). The molecule has 0 unspecified atom stereocenters. The molecule has 0 saturated heterocycles. The Morgan fingerprint density at radius 3 is 2.43 bits per heavy atom. The minimum atomic E-state index is -3.39. The smallest absolute Gasteiger partial charge is 0.326 e. The number of carboxylic acids is 1. The Bertz CT molecular complexity index is 670. The zero-order chi connectivity index (χ0) is 17.6. The number of rotatable bonds is 8. The molecule has 1 atom stereocenters. The summed E-state index contributed by atoms with van der Waals surface area (Å²) < 4.78 is 24.7. The average molecular weight is 342 g/mol. The number of carboxylic acid groups (broad SMARTS) is 1. The highest BCUT2D eigenvalue weighted by Crippen LogP contribution is 2.13. The fourth-order valence-corrected chi connectivity index (χ4v) is 2.64. The lowest BCUT2D eigenvalue weighted by molar-refractivity contribution is -0.142. The van der Waals surface area contributed by atoms with Crippen molar-refractivity contribution in [2.75, 3.05) is 11.0 Å². The normalized spacial score (nSPS) is 12.7. The maximum Gasteiger partial charge on any atom is 0.326 e. The zero-order valence-corrected chi connectivity index (χ0v) is 14.2. The van der Waals surface area contributed by atoms with E-state index in [1.807, 2.05) is 13.8 Å². The van der Waals surface area contributed by atoms with Crippen LogP contribution >= 0.6 is 0 Å². The Kier molecular flexibility index (Phi) is 6.56. The summed E-state index contributed by atoms with van der Waals surface area (Å²) in [5.41, 5.74) is 0.944. The highest BCUT2D eigenvalue weighted by Gasteiger charge is 2.21. The number of carbonyl (C=O) groups is 2. The third-order valence-electron chi connectivity index (χ3n) is 2.94. The quantitative estimate of drug-likeness (QED) is 0.657. The summed E-state index contributed by atoms with van der Waals surface area (Å²) in [6.07, 6.45) is 1.35. The first-order valence-corrected chi connectivity index (χ1v) is 9.05. The van der Waals surface area contributed by atoms with Crippen molar-refractivity contribution in [3.05, 3.63) is 29.8 Å². The number of hydrogen-bond donors (Lipinski definition) is 3. The van der Waals surface area contributed by atoms with Gasteiger partial charge >= 0.3 is 5.97 Å². The largest absolute Gasteiger partial charge is 0.480 e. The summed E-state index contributed by atoms with van der Waals surface area (Å²) in [5, 5.41) is 11.6. The second-order valence-corrected chi connectivity index (χ2v) is 7.59. The van der Waals surface area contributed by atoms with Gasteiger partial charge in [0.1, 0.15) is 6.04 Å². The van der Waals surface area contributed by atoms with Crippen molar-refractivity contribution in [1.82, 2.24) is 5.32 Å². The first-order valence-electron chi connectivity index (χ1n) is 7.15. The lowest BCUT2D eigenvalue weighted by Gasteiger charge is -2.16. The van der Waals surface area contributed by atoms with Crippen molar-refractivity contribution in [2.24, 2.45) is 5.92 Å². The number of amides is 1. The summed E-state index contributed by atoms with van der Waals surface area (Å²) in [5.74, 6) is -1.35. The molecule has 0 saturated carbocycles. The first-order chi connectivity index (χ1) is 10.6. The standard InChI is InChI=1S/C15H22N2O5S/c1-10(2)7-13(15(19)20)16-14(18)9-11-5-4-6-12(8-11)17-23(3,21)22/h4-6,8,10,13,17H,7,9H2,1-3H3,(H,16,18)(H,19,20)/t13-/m1/s1. The molecule has 0 aliphatic rings. The van der Waals surface area contributed by atoms with Crippen LogP contribution in [0.15, 0.2) is 24.3 Å². The Morgan fingerprint density at radius 1 is 1.26 bits per heavy atom. The summed E-state index contributed by atoms with van der Waals surface area (Å²) in [4.78, 5) is 23.1. The fraction of sp³-hybridized carbons (Fsp3) is 0.467. The predicted octanol–water partition coefficient (Wildman–Crippen LogP) is 1.22. The Hall–Kier alpha value is -2.09. The molecule has 0 bridgehead atoms. The molecule has 1 amide bonds. The molecule has 1 aromatic carbocycles. The van der Waals surface area contributed by atoms with Crippen LogP contribution in [-0.4, -0.2) is 37.7 Å². The SMILES string of the molecule is CC(C)C[C@@H](NC(=O)Cc1cccc(NS(C)(=O)=O)c1)C(=O)O. The van der Waals surface area contributed by atoms with Crippen molar-refractivity contribution in [1.29, 1.82) is 0 Å². The van der Waals surface area contributed by atoms with Gasteiger partial charge in [-0.3, -0.25) is 9.52 Å². The van der Waals surface area contributed by atoms with E-state index in [4.69, 9.17) is 5.11 Å². The van der Waals surface area contributed by atoms with Gasteiger partial charge < -0.3 is 10.4 Å². The molecular weight excluding hydrogens is 320 g/mol. The molecule has 0 spiro atoms. The van der Waals surface area contributed by atoms with Crippen molar-refractivity contribution in [2.45, 2.75) is 32.7 Å². The zero-order valence-electron chi connectivity index (χ0n) is 13.4. The van der Waals surface area contributed by atoms with Gasteiger partial charge in [-0.2, -0.15) is 0 Å². The maximum absolute atomic E-state index is 12.0. The highest BCUT2D eigenvalue weighted by molar-refractivity contribution is 7.92. The third-order valence-corrected chi connectivity index (χ3v) is 3.54. The van der Waals surface area contributed by atoms with Gasteiger partial charge in [-0.05, 0) is 30.0 Å². The number of hydrogen-bond acceptors (Lipinski definition) is 4. The second kappa shape index (κ2) is 7.96. The molecule has 0 radical (unpaired) electrons. The van der Waals surface area contributed by atoms with E-state index in [9.17, 15) is 18.0 Å². The molecule has 128 valence electrons. The summed E-state index contributed by atoms with van der Waals surface area (Å²) in [6.45, 7) is 3.75. The molecule has 0 heterocycles.